The summed E-state index contributed by atoms with van der Waals surface area (Å²) in [5, 5.41) is 7.25. The Labute approximate surface area is 73.1 Å². The molecule has 0 saturated carbocycles. The maximum Gasteiger partial charge on any atom is 0.116 e. The van der Waals surface area contributed by atoms with Crippen molar-refractivity contribution < 1.29 is 4.84 Å². The number of hydrogen-bond donors (Lipinski definition) is 2. The van der Waals surface area contributed by atoms with Gasteiger partial charge in [-0.15, -0.1) is 0 Å². The van der Waals surface area contributed by atoms with E-state index in [-0.39, 0.29) is 0 Å². The van der Waals surface area contributed by atoms with Crippen LogP contribution in [0, 0.1) is 5.92 Å². The van der Waals surface area contributed by atoms with Gasteiger partial charge in [-0.1, -0.05) is 12.1 Å². The zero-order valence-corrected chi connectivity index (χ0v) is 7.55. The summed E-state index contributed by atoms with van der Waals surface area (Å²) in [6.45, 7) is 5.17. The smallest absolute Gasteiger partial charge is 0.116 e. The summed E-state index contributed by atoms with van der Waals surface area (Å²) >= 11 is 0. The van der Waals surface area contributed by atoms with E-state index in [0.717, 1.165) is 25.2 Å². The Bertz CT molecular complexity index is 158. The van der Waals surface area contributed by atoms with Crippen molar-refractivity contribution in [3.8, 4) is 0 Å². The van der Waals surface area contributed by atoms with Gasteiger partial charge in [0.15, 0.2) is 0 Å². The summed E-state index contributed by atoms with van der Waals surface area (Å²) in [4.78, 5) is 5.09. The van der Waals surface area contributed by atoms with Gasteiger partial charge in [-0.3, -0.25) is 0 Å². The summed E-state index contributed by atoms with van der Waals surface area (Å²) in [6, 6.07) is 0. The van der Waals surface area contributed by atoms with Crippen molar-refractivity contribution in [1.29, 1.82) is 0 Å². The number of nitrogens with one attached hydrogen (secondary N) is 1. The normalized spacial score (nSPS) is 26.5. The lowest BCUT2D eigenvalue weighted by molar-refractivity contribution is 0.143. The lowest BCUT2D eigenvalue weighted by Gasteiger charge is -2.05. The fourth-order valence-corrected chi connectivity index (χ4v) is 1.18. The third kappa shape index (κ3) is 2.46. The average molecular weight is 171 g/mol. The maximum absolute atomic E-state index is 5.55. The molecule has 70 valence electrons. The molecule has 1 fully saturated rings. The molecule has 4 heteroatoms. The van der Waals surface area contributed by atoms with Gasteiger partial charge in [-0.05, 0) is 6.42 Å². The van der Waals surface area contributed by atoms with E-state index < -0.39 is 0 Å². The fourth-order valence-electron chi connectivity index (χ4n) is 1.18. The maximum atomic E-state index is 5.55. The van der Waals surface area contributed by atoms with E-state index in [1.54, 1.807) is 0 Å². The first-order valence-electron chi connectivity index (χ1n) is 4.48. The molecule has 12 heavy (non-hydrogen) atoms. The first-order valence-corrected chi connectivity index (χ1v) is 4.48. The second-order valence-corrected chi connectivity index (χ2v) is 2.98. The van der Waals surface area contributed by atoms with Gasteiger partial charge in [0.1, 0.15) is 6.61 Å². The van der Waals surface area contributed by atoms with Crippen LogP contribution >= 0.6 is 0 Å². The molecule has 1 aliphatic rings. The van der Waals surface area contributed by atoms with Crippen molar-refractivity contribution in [1.82, 2.24) is 5.32 Å². The quantitative estimate of drug-likeness (QED) is 0.460. The van der Waals surface area contributed by atoms with E-state index in [9.17, 15) is 0 Å². The number of nitrogens with zero attached hydrogens (tertiary/aromatic N) is 1. The van der Waals surface area contributed by atoms with Crippen molar-refractivity contribution >= 4 is 5.71 Å². The molecule has 0 radical (unpaired) electrons. The van der Waals surface area contributed by atoms with Crippen LogP contribution in [-0.2, 0) is 4.84 Å². The number of hydrogen-bond acceptors (Lipinski definition) is 4. The minimum Gasteiger partial charge on any atom is -0.396 e. The first-order chi connectivity index (χ1) is 5.88. The van der Waals surface area contributed by atoms with Crippen LogP contribution in [0.3, 0.4) is 0 Å². The summed E-state index contributed by atoms with van der Waals surface area (Å²) < 4.78 is 0. The van der Waals surface area contributed by atoms with E-state index in [1.807, 2.05) is 0 Å². The zero-order chi connectivity index (χ0) is 8.81. The van der Waals surface area contributed by atoms with Crippen LogP contribution in [0.25, 0.3) is 0 Å². The van der Waals surface area contributed by atoms with E-state index in [1.165, 1.54) is 0 Å². The highest BCUT2D eigenvalue weighted by atomic mass is 16.6. The molecule has 0 amide bonds. The van der Waals surface area contributed by atoms with Crippen molar-refractivity contribution in [2.24, 2.45) is 16.8 Å². The van der Waals surface area contributed by atoms with Crippen molar-refractivity contribution in [3.05, 3.63) is 0 Å². The molecule has 0 bridgehead atoms. The molecule has 0 spiro atoms. The fraction of sp³-hybridized carbons (Fsp3) is 0.875. The predicted octanol–water partition coefficient (Wildman–Crippen LogP) is -0.0529. The lowest BCUT2D eigenvalue weighted by Crippen LogP contribution is -2.22. The topological polar surface area (TPSA) is 59.6 Å². The summed E-state index contributed by atoms with van der Waals surface area (Å²) in [5.41, 5.74) is 6.61. The first kappa shape index (κ1) is 9.48. The third-order valence-corrected chi connectivity index (χ3v) is 1.93. The van der Waals surface area contributed by atoms with Gasteiger partial charge in [0.2, 0.25) is 0 Å². The number of rotatable bonds is 4. The molecule has 3 N–H and O–H groups in total. The Balaban J connectivity index is 2.33. The van der Waals surface area contributed by atoms with Gasteiger partial charge >= 0.3 is 0 Å². The van der Waals surface area contributed by atoms with Crippen molar-refractivity contribution in [2.45, 2.75) is 13.3 Å². The monoisotopic (exact) mass is 171 g/mol. The molecular formula is C8H17N3O. The summed E-state index contributed by atoms with van der Waals surface area (Å²) in [7, 11) is 0. The van der Waals surface area contributed by atoms with E-state index in [0.29, 0.717) is 19.1 Å². The summed E-state index contributed by atoms with van der Waals surface area (Å²) in [6.07, 6.45) is 0.998. The average Bonchev–Trinajstić information content (AvgIpc) is 2.52. The highest BCUT2D eigenvalue weighted by Crippen LogP contribution is 2.03. The molecule has 0 aromatic carbocycles. The van der Waals surface area contributed by atoms with Crippen LogP contribution in [0.2, 0.25) is 0 Å². The Kier molecular flexibility index (Phi) is 4.04. The van der Waals surface area contributed by atoms with Crippen LogP contribution in [0.4, 0.5) is 0 Å². The summed E-state index contributed by atoms with van der Waals surface area (Å²) in [5.74, 6) is 0.377. The number of oxime groups is 1. The van der Waals surface area contributed by atoms with Crippen molar-refractivity contribution in [2.75, 3.05) is 26.2 Å². The molecule has 0 aliphatic carbocycles. The minimum atomic E-state index is 0.377. The molecule has 1 saturated heterocycles. The second-order valence-electron chi connectivity index (χ2n) is 2.98. The van der Waals surface area contributed by atoms with Crippen LogP contribution in [0.15, 0.2) is 5.16 Å². The minimum absolute atomic E-state index is 0.377. The van der Waals surface area contributed by atoms with Gasteiger partial charge in [-0.25, -0.2) is 0 Å². The molecule has 1 unspecified atom stereocenters. The van der Waals surface area contributed by atoms with E-state index >= 15 is 0 Å². The lowest BCUT2D eigenvalue weighted by atomic mass is 10.1. The van der Waals surface area contributed by atoms with Crippen molar-refractivity contribution in [3.63, 3.8) is 0 Å². The third-order valence-electron chi connectivity index (χ3n) is 1.93. The Hall–Kier alpha value is -0.610. The molecule has 1 rings (SSSR count). The molecular weight excluding hydrogens is 154 g/mol. The molecule has 1 atom stereocenters. The zero-order valence-electron chi connectivity index (χ0n) is 7.55. The standard InChI is InChI=1S/C8H17N3O/c1-2-3-12-11-8-6-10-5-7(8)4-9/h7,10H,2-6,9H2,1H3/b11-8+. The molecule has 1 heterocycles. The van der Waals surface area contributed by atoms with Gasteiger partial charge in [0, 0.05) is 25.6 Å². The van der Waals surface area contributed by atoms with Crippen LogP contribution in [0.1, 0.15) is 13.3 Å². The predicted molar refractivity (Wildman–Crippen MR) is 49.1 cm³/mol. The number of nitrogens with two attached hydrogens (primary N) is 1. The van der Waals surface area contributed by atoms with Crippen LogP contribution in [0.5, 0.6) is 0 Å². The SMILES string of the molecule is CCCO/N=C1\CNCC1CN. The van der Waals surface area contributed by atoms with Crippen LogP contribution in [-0.4, -0.2) is 32.0 Å². The second kappa shape index (κ2) is 5.11. The van der Waals surface area contributed by atoms with Gasteiger partial charge in [-0.2, -0.15) is 0 Å². The highest BCUT2D eigenvalue weighted by molar-refractivity contribution is 5.90. The largest absolute Gasteiger partial charge is 0.396 e. The molecule has 0 aromatic rings. The molecule has 4 nitrogen and oxygen atoms in total. The Morgan fingerprint density at radius 2 is 2.58 bits per heavy atom. The van der Waals surface area contributed by atoms with Gasteiger partial charge in [0.25, 0.3) is 0 Å². The molecule has 0 aromatic heterocycles. The Morgan fingerprint density at radius 3 is 3.25 bits per heavy atom. The molecule has 1 aliphatic heterocycles. The van der Waals surface area contributed by atoms with E-state index in [2.05, 4.69) is 17.4 Å². The van der Waals surface area contributed by atoms with Crippen LogP contribution < -0.4 is 11.1 Å². The highest BCUT2D eigenvalue weighted by Gasteiger charge is 2.20. The Morgan fingerprint density at radius 1 is 1.75 bits per heavy atom. The van der Waals surface area contributed by atoms with Gasteiger partial charge < -0.3 is 15.9 Å². The van der Waals surface area contributed by atoms with E-state index in [4.69, 9.17) is 10.6 Å². The van der Waals surface area contributed by atoms with Gasteiger partial charge in [0.05, 0.1) is 5.71 Å².